The number of nitrogens with zero attached hydrogens (tertiary/aromatic N) is 3. The van der Waals surface area contributed by atoms with Crippen LogP contribution in [0.5, 0.6) is 5.75 Å². The van der Waals surface area contributed by atoms with Crippen molar-refractivity contribution in [3.63, 3.8) is 0 Å². The summed E-state index contributed by atoms with van der Waals surface area (Å²) in [6.07, 6.45) is -4.22. The Balaban J connectivity index is 1.44. The summed E-state index contributed by atoms with van der Waals surface area (Å²) < 4.78 is 47.2. The van der Waals surface area contributed by atoms with Crippen molar-refractivity contribution in [3.05, 3.63) is 29.8 Å². The highest BCUT2D eigenvalue weighted by molar-refractivity contribution is 5.81. The molecule has 9 heteroatoms. The van der Waals surface area contributed by atoms with Crippen LogP contribution >= 0.6 is 0 Å². The Hall–Kier alpha value is -1.84. The number of hydrogen-bond donors (Lipinski definition) is 0. The first-order chi connectivity index (χ1) is 14.6. The minimum Gasteiger partial charge on any atom is -0.484 e. The third-order valence-corrected chi connectivity index (χ3v) is 5.78. The lowest BCUT2D eigenvalue weighted by atomic mass is 10.1. The van der Waals surface area contributed by atoms with Crippen molar-refractivity contribution in [1.82, 2.24) is 14.7 Å². The fourth-order valence-electron chi connectivity index (χ4n) is 4.20. The van der Waals surface area contributed by atoms with Crippen LogP contribution in [0.3, 0.4) is 0 Å². The van der Waals surface area contributed by atoms with Crippen LogP contribution in [0.4, 0.5) is 13.2 Å². The minimum atomic E-state index is -4.34. The van der Waals surface area contributed by atoms with E-state index in [1.165, 1.54) is 0 Å². The number of benzene rings is 1. The number of carbonyl (C=O) groups is 1. The fraction of sp³-hybridized carbons (Fsp3) is 0.682. The molecular formula is C22H32F3N3O3. The maximum absolute atomic E-state index is 12.9. The van der Waals surface area contributed by atoms with E-state index in [9.17, 15) is 18.0 Å². The van der Waals surface area contributed by atoms with Crippen LogP contribution in [-0.4, -0.2) is 90.9 Å². The Morgan fingerprint density at radius 2 is 1.68 bits per heavy atom. The number of ether oxygens (including phenoxy) is 2. The van der Waals surface area contributed by atoms with Gasteiger partial charge >= 0.3 is 6.18 Å². The smallest absolute Gasteiger partial charge is 0.422 e. The molecule has 2 fully saturated rings. The van der Waals surface area contributed by atoms with Crippen LogP contribution in [0.1, 0.15) is 26.3 Å². The first kappa shape index (κ1) is 23.8. The summed E-state index contributed by atoms with van der Waals surface area (Å²) >= 11 is 0. The van der Waals surface area contributed by atoms with Crippen LogP contribution in [0.25, 0.3) is 0 Å². The fourth-order valence-corrected chi connectivity index (χ4v) is 4.20. The zero-order chi connectivity index (χ0) is 22.6. The predicted octanol–water partition coefficient (Wildman–Crippen LogP) is 2.77. The molecule has 1 aromatic rings. The second kappa shape index (κ2) is 10.2. The topological polar surface area (TPSA) is 45.3 Å². The van der Waals surface area contributed by atoms with Gasteiger partial charge in [0, 0.05) is 45.8 Å². The lowest BCUT2D eigenvalue weighted by Gasteiger charge is -2.41. The molecule has 0 saturated carbocycles. The molecule has 0 aliphatic carbocycles. The average Bonchev–Trinajstić information content (AvgIpc) is 2.71. The van der Waals surface area contributed by atoms with E-state index in [0.717, 1.165) is 31.7 Å². The molecule has 3 atom stereocenters. The molecule has 2 heterocycles. The van der Waals surface area contributed by atoms with Gasteiger partial charge in [-0.3, -0.25) is 14.6 Å². The van der Waals surface area contributed by atoms with Crippen LogP contribution < -0.4 is 4.74 Å². The molecule has 0 unspecified atom stereocenters. The summed E-state index contributed by atoms with van der Waals surface area (Å²) in [5, 5.41) is 0. The van der Waals surface area contributed by atoms with Crippen molar-refractivity contribution in [2.75, 3.05) is 45.9 Å². The van der Waals surface area contributed by atoms with Gasteiger partial charge in [0.2, 0.25) is 5.91 Å². The number of amides is 1. The molecule has 2 saturated heterocycles. The number of hydrogen-bond acceptors (Lipinski definition) is 5. The largest absolute Gasteiger partial charge is 0.484 e. The quantitative estimate of drug-likeness (QED) is 0.677. The molecular weight excluding hydrogens is 411 g/mol. The number of morpholine rings is 1. The molecule has 174 valence electrons. The molecule has 1 amide bonds. The van der Waals surface area contributed by atoms with Crippen molar-refractivity contribution in [3.8, 4) is 5.75 Å². The van der Waals surface area contributed by atoms with E-state index in [1.54, 1.807) is 24.3 Å². The second-order valence-electron chi connectivity index (χ2n) is 8.54. The van der Waals surface area contributed by atoms with Gasteiger partial charge in [0.15, 0.2) is 6.61 Å². The SMILES string of the molecule is C[C@@H]1CN(C(=O)[C@@H](C)N2CCN(Cc3ccc(OCC(F)(F)F)cc3)CC2)C[C@H](C)O1. The van der Waals surface area contributed by atoms with Crippen molar-refractivity contribution >= 4 is 5.91 Å². The maximum atomic E-state index is 12.9. The molecule has 3 rings (SSSR count). The van der Waals surface area contributed by atoms with E-state index in [0.29, 0.717) is 19.6 Å². The van der Waals surface area contributed by atoms with Gasteiger partial charge < -0.3 is 14.4 Å². The first-order valence-corrected chi connectivity index (χ1v) is 10.8. The van der Waals surface area contributed by atoms with Crippen molar-refractivity contribution in [2.45, 2.75) is 51.7 Å². The van der Waals surface area contributed by atoms with E-state index < -0.39 is 12.8 Å². The molecule has 2 aliphatic rings. The molecule has 31 heavy (non-hydrogen) atoms. The van der Waals surface area contributed by atoms with Crippen LogP contribution in [0.15, 0.2) is 24.3 Å². The van der Waals surface area contributed by atoms with E-state index in [1.807, 2.05) is 25.7 Å². The first-order valence-electron chi connectivity index (χ1n) is 10.8. The Bertz CT molecular complexity index is 711. The van der Waals surface area contributed by atoms with E-state index in [4.69, 9.17) is 9.47 Å². The van der Waals surface area contributed by atoms with Gasteiger partial charge in [0.1, 0.15) is 5.75 Å². The highest BCUT2D eigenvalue weighted by atomic mass is 19.4. The normalized spacial score (nSPS) is 24.8. The molecule has 0 N–H and O–H groups in total. The Morgan fingerprint density at radius 3 is 2.23 bits per heavy atom. The van der Waals surface area contributed by atoms with Gasteiger partial charge in [-0.2, -0.15) is 13.2 Å². The van der Waals surface area contributed by atoms with Crippen LogP contribution in [-0.2, 0) is 16.1 Å². The minimum absolute atomic E-state index is 0.0574. The van der Waals surface area contributed by atoms with E-state index in [2.05, 4.69) is 9.80 Å². The van der Waals surface area contributed by atoms with E-state index in [-0.39, 0.29) is 29.9 Å². The van der Waals surface area contributed by atoms with Crippen molar-refractivity contribution in [1.29, 1.82) is 0 Å². The van der Waals surface area contributed by atoms with Gasteiger partial charge in [-0.1, -0.05) is 12.1 Å². The molecule has 0 radical (unpaired) electrons. The lowest BCUT2D eigenvalue weighted by molar-refractivity contribution is -0.153. The number of piperazine rings is 1. The third-order valence-electron chi connectivity index (χ3n) is 5.78. The monoisotopic (exact) mass is 443 g/mol. The standard InChI is InChI=1S/C22H32F3N3O3/c1-16-12-28(13-17(2)31-16)21(29)18(3)27-10-8-26(9-11-27)14-19-4-6-20(7-5-19)30-15-22(23,24)25/h4-7,16-18H,8-15H2,1-3H3/t16-,17+,18-/m1/s1. The second-order valence-corrected chi connectivity index (χ2v) is 8.54. The maximum Gasteiger partial charge on any atom is 0.422 e. The number of carbonyl (C=O) groups excluding carboxylic acids is 1. The van der Waals surface area contributed by atoms with Gasteiger partial charge in [-0.25, -0.2) is 0 Å². The zero-order valence-corrected chi connectivity index (χ0v) is 18.4. The van der Waals surface area contributed by atoms with Crippen molar-refractivity contribution < 1.29 is 27.4 Å². The average molecular weight is 444 g/mol. The Morgan fingerprint density at radius 1 is 1.10 bits per heavy atom. The zero-order valence-electron chi connectivity index (χ0n) is 18.4. The molecule has 0 aromatic heterocycles. The predicted molar refractivity (Wildman–Crippen MR) is 111 cm³/mol. The van der Waals surface area contributed by atoms with Crippen LogP contribution in [0, 0.1) is 0 Å². The number of rotatable bonds is 6. The van der Waals surface area contributed by atoms with Crippen LogP contribution in [0.2, 0.25) is 0 Å². The number of alkyl halides is 3. The molecule has 2 aliphatic heterocycles. The van der Waals surface area contributed by atoms with Crippen molar-refractivity contribution in [2.24, 2.45) is 0 Å². The Kier molecular flexibility index (Phi) is 7.82. The Labute approximate surface area is 181 Å². The van der Waals surface area contributed by atoms with Gasteiger partial charge in [-0.05, 0) is 38.5 Å². The highest BCUT2D eigenvalue weighted by Gasteiger charge is 2.32. The summed E-state index contributed by atoms with van der Waals surface area (Å²) in [5.74, 6) is 0.370. The summed E-state index contributed by atoms with van der Waals surface area (Å²) in [6.45, 7) is 9.93. The third kappa shape index (κ3) is 7.08. The molecule has 0 bridgehead atoms. The molecule has 1 aromatic carbocycles. The van der Waals surface area contributed by atoms with E-state index >= 15 is 0 Å². The summed E-state index contributed by atoms with van der Waals surface area (Å²) in [6, 6.07) is 6.57. The summed E-state index contributed by atoms with van der Waals surface area (Å²) in [4.78, 5) is 19.4. The van der Waals surface area contributed by atoms with Gasteiger partial charge in [0.25, 0.3) is 0 Å². The molecule has 0 spiro atoms. The summed E-state index contributed by atoms with van der Waals surface area (Å²) in [5.41, 5.74) is 1.02. The van der Waals surface area contributed by atoms with Gasteiger partial charge in [-0.15, -0.1) is 0 Å². The van der Waals surface area contributed by atoms with Gasteiger partial charge in [0.05, 0.1) is 18.2 Å². The highest BCUT2D eigenvalue weighted by Crippen LogP contribution is 2.20. The molecule has 6 nitrogen and oxygen atoms in total. The summed E-state index contributed by atoms with van der Waals surface area (Å²) in [7, 11) is 0. The lowest BCUT2D eigenvalue weighted by Crippen LogP contribution is -2.57. The number of halogens is 3.